The fraction of sp³-hybridized carbons (Fsp3) is 0.389. The van der Waals surface area contributed by atoms with Gasteiger partial charge in [0, 0.05) is 28.4 Å². The van der Waals surface area contributed by atoms with Crippen LogP contribution in [-0.4, -0.2) is 50.9 Å². The summed E-state index contributed by atoms with van der Waals surface area (Å²) in [4.78, 5) is 34.0. The van der Waals surface area contributed by atoms with E-state index < -0.39 is 5.97 Å². The molecule has 8 nitrogen and oxygen atoms in total. The first kappa shape index (κ1) is 20.3. The molecule has 28 heavy (non-hydrogen) atoms. The number of carbonyl (C=O) groups is 2. The lowest BCUT2D eigenvalue weighted by atomic mass is 10.1. The SMILES string of the molecule is CSc1nc2nc(C)c(CC(=O)OCC(=O)NCCc3cccs3)c(C)n2n1. The predicted octanol–water partition coefficient (Wildman–Crippen LogP) is 1.97. The maximum atomic E-state index is 12.2. The normalized spacial score (nSPS) is 11.0. The summed E-state index contributed by atoms with van der Waals surface area (Å²) in [5.74, 6) is -0.291. The van der Waals surface area contributed by atoms with Gasteiger partial charge in [-0.1, -0.05) is 17.8 Å². The number of ether oxygens (including phenoxy) is 1. The van der Waals surface area contributed by atoms with Crippen LogP contribution >= 0.6 is 23.1 Å². The van der Waals surface area contributed by atoms with Crippen LogP contribution in [-0.2, 0) is 27.2 Å². The molecule has 3 heterocycles. The van der Waals surface area contributed by atoms with Crippen molar-refractivity contribution in [3.63, 3.8) is 0 Å². The van der Waals surface area contributed by atoms with E-state index in [2.05, 4.69) is 20.4 Å². The van der Waals surface area contributed by atoms with E-state index in [0.717, 1.165) is 17.7 Å². The first-order chi connectivity index (χ1) is 13.5. The zero-order chi connectivity index (χ0) is 20.1. The van der Waals surface area contributed by atoms with Crippen molar-refractivity contribution in [2.75, 3.05) is 19.4 Å². The summed E-state index contributed by atoms with van der Waals surface area (Å²) in [6.07, 6.45) is 2.68. The molecule has 1 amide bonds. The summed E-state index contributed by atoms with van der Waals surface area (Å²) < 4.78 is 6.74. The quantitative estimate of drug-likeness (QED) is 0.440. The molecule has 3 rings (SSSR count). The zero-order valence-electron chi connectivity index (χ0n) is 15.9. The fourth-order valence-electron chi connectivity index (χ4n) is 2.70. The molecule has 0 fully saturated rings. The number of nitrogens with zero attached hydrogens (tertiary/aromatic N) is 4. The second-order valence-corrected chi connectivity index (χ2v) is 7.89. The number of rotatable bonds is 8. The second-order valence-electron chi connectivity index (χ2n) is 6.09. The van der Waals surface area contributed by atoms with Crippen LogP contribution < -0.4 is 5.32 Å². The van der Waals surface area contributed by atoms with E-state index >= 15 is 0 Å². The number of esters is 1. The van der Waals surface area contributed by atoms with E-state index in [1.54, 1.807) is 15.9 Å². The number of thioether (sulfide) groups is 1. The van der Waals surface area contributed by atoms with Crippen molar-refractivity contribution in [3.8, 4) is 0 Å². The molecule has 0 aliphatic carbocycles. The fourth-order valence-corrected chi connectivity index (χ4v) is 3.75. The molecule has 1 N–H and O–H groups in total. The number of nitrogens with one attached hydrogen (secondary N) is 1. The van der Waals surface area contributed by atoms with Crippen molar-refractivity contribution in [2.24, 2.45) is 0 Å². The van der Waals surface area contributed by atoms with Crippen LogP contribution in [0.3, 0.4) is 0 Å². The topological polar surface area (TPSA) is 98.5 Å². The van der Waals surface area contributed by atoms with Crippen LogP contribution in [0.15, 0.2) is 22.7 Å². The van der Waals surface area contributed by atoms with Crippen LogP contribution in [0.5, 0.6) is 0 Å². The van der Waals surface area contributed by atoms with Gasteiger partial charge in [-0.3, -0.25) is 9.59 Å². The Labute approximate surface area is 170 Å². The second kappa shape index (κ2) is 9.16. The standard InChI is InChI=1S/C18H21N5O3S2/c1-11-14(12(2)23-17(20-11)21-18(22-23)27-3)9-16(25)26-10-15(24)19-7-6-13-5-4-8-28-13/h4-5,8H,6-7,9-10H2,1-3H3,(H,19,24). The minimum atomic E-state index is -0.481. The first-order valence-electron chi connectivity index (χ1n) is 8.69. The molecule has 0 radical (unpaired) electrons. The Morgan fingerprint density at radius 2 is 2.14 bits per heavy atom. The number of carbonyl (C=O) groups excluding carboxylic acids is 2. The van der Waals surface area contributed by atoms with Gasteiger partial charge in [-0.05, 0) is 38.0 Å². The summed E-state index contributed by atoms with van der Waals surface area (Å²) in [5, 5.41) is 9.72. The van der Waals surface area contributed by atoms with Crippen LogP contribution in [0.4, 0.5) is 0 Å². The van der Waals surface area contributed by atoms with Gasteiger partial charge < -0.3 is 10.1 Å². The number of aromatic nitrogens is 4. The van der Waals surface area contributed by atoms with Crippen LogP contribution in [0, 0.1) is 13.8 Å². The number of hydrogen-bond donors (Lipinski definition) is 1. The van der Waals surface area contributed by atoms with Gasteiger partial charge in [0.05, 0.1) is 6.42 Å². The van der Waals surface area contributed by atoms with Gasteiger partial charge in [-0.15, -0.1) is 16.4 Å². The van der Waals surface area contributed by atoms with E-state index in [0.29, 0.717) is 23.2 Å². The monoisotopic (exact) mass is 419 g/mol. The lowest BCUT2D eigenvalue weighted by Gasteiger charge is -2.10. The number of fused-ring (bicyclic) bond motifs is 1. The molecular weight excluding hydrogens is 398 g/mol. The van der Waals surface area contributed by atoms with Crippen LogP contribution in [0.25, 0.3) is 5.78 Å². The Bertz CT molecular complexity index is 985. The van der Waals surface area contributed by atoms with E-state index in [9.17, 15) is 9.59 Å². The Morgan fingerprint density at radius 3 is 2.86 bits per heavy atom. The minimum Gasteiger partial charge on any atom is -0.455 e. The molecule has 0 atom stereocenters. The lowest BCUT2D eigenvalue weighted by Crippen LogP contribution is -2.30. The van der Waals surface area contributed by atoms with E-state index in [4.69, 9.17) is 4.74 Å². The van der Waals surface area contributed by atoms with Crippen molar-refractivity contribution in [1.29, 1.82) is 0 Å². The molecule has 0 spiro atoms. The van der Waals surface area contributed by atoms with Crippen molar-refractivity contribution < 1.29 is 14.3 Å². The van der Waals surface area contributed by atoms with Crippen LogP contribution in [0.1, 0.15) is 21.8 Å². The summed E-state index contributed by atoms with van der Waals surface area (Å²) >= 11 is 3.07. The molecule has 3 aromatic heterocycles. The van der Waals surface area contributed by atoms with Gasteiger partial charge in [0.1, 0.15) is 0 Å². The third-order valence-corrected chi connectivity index (χ3v) is 5.65. The third-order valence-electron chi connectivity index (χ3n) is 4.17. The molecule has 0 aliphatic rings. The summed E-state index contributed by atoms with van der Waals surface area (Å²) in [6.45, 7) is 3.90. The molecule has 0 unspecified atom stereocenters. The number of aryl methyl sites for hydroxylation is 2. The van der Waals surface area contributed by atoms with Gasteiger partial charge in [-0.25, -0.2) is 9.50 Å². The molecule has 0 aromatic carbocycles. The highest BCUT2D eigenvalue weighted by Gasteiger charge is 2.17. The van der Waals surface area contributed by atoms with Crippen molar-refractivity contribution in [1.82, 2.24) is 24.9 Å². The van der Waals surface area contributed by atoms with Gasteiger partial charge in [0.25, 0.3) is 11.7 Å². The Hall–Kier alpha value is -2.46. The molecule has 3 aromatic rings. The average molecular weight is 420 g/mol. The van der Waals surface area contributed by atoms with Gasteiger partial charge in [0.15, 0.2) is 6.61 Å². The van der Waals surface area contributed by atoms with Crippen molar-refractivity contribution in [3.05, 3.63) is 39.3 Å². The summed E-state index contributed by atoms with van der Waals surface area (Å²) in [7, 11) is 0. The number of thiophene rings is 1. The lowest BCUT2D eigenvalue weighted by molar-refractivity contribution is -0.147. The minimum absolute atomic E-state index is 0.0253. The van der Waals surface area contributed by atoms with E-state index in [-0.39, 0.29) is 18.9 Å². The summed E-state index contributed by atoms with van der Waals surface area (Å²) in [6, 6.07) is 3.99. The molecule has 0 bridgehead atoms. The smallest absolute Gasteiger partial charge is 0.310 e. The van der Waals surface area contributed by atoms with Crippen molar-refractivity contribution >= 4 is 40.8 Å². The van der Waals surface area contributed by atoms with Crippen LogP contribution in [0.2, 0.25) is 0 Å². The molecule has 148 valence electrons. The molecule has 0 saturated heterocycles. The Balaban J connectivity index is 1.53. The average Bonchev–Trinajstić information content (AvgIpc) is 3.33. The van der Waals surface area contributed by atoms with E-state index in [1.165, 1.54) is 16.6 Å². The molecular formula is C18H21N5O3S2. The molecule has 10 heteroatoms. The third kappa shape index (κ3) is 4.87. The van der Waals surface area contributed by atoms with Crippen molar-refractivity contribution in [2.45, 2.75) is 31.8 Å². The molecule has 0 saturated carbocycles. The van der Waals surface area contributed by atoms with Gasteiger partial charge in [0.2, 0.25) is 5.16 Å². The highest BCUT2D eigenvalue weighted by molar-refractivity contribution is 7.98. The first-order valence-corrected chi connectivity index (χ1v) is 10.8. The van der Waals surface area contributed by atoms with Gasteiger partial charge in [-0.2, -0.15) is 4.98 Å². The highest BCUT2D eigenvalue weighted by atomic mass is 32.2. The number of amides is 1. The summed E-state index contributed by atoms with van der Waals surface area (Å²) in [5.41, 5.74) is 2.21. The molecule has 0 aliphatic heterocycles. The Kier molecular flexibility index (Phi) is 6.63. The van der Waals surface area contributed by atoms with E-state index in [1.807, 2.05) is 37.6 Å². The largest absolute Gasteiger partial charge is 0.455 e. The predicted molar refractivity (Wildman–Crippen MR) is 108 cm³/mol. The number of hydrogen-bond acceptors (Lipinski definition) is 8. The maximum absolute atomic E-state index is 12.2. The highest BCUT2D eigenvalue weighted by Crippen LogP contribution is 2.17. The van der Waals surface area contributed by atoms with Gasteiger partial charge >= 0.3 is 5.97 Å². The zero-order valence-corrected chi connectivity index (χ0v) is 17.5. The maximum Gasteiger partial charge on any atom is 0.310 e. The Morgan fingerprint density at radius 1 is 1.32 bits per heavy atom.